The summed E-state index contributed by atoms with van der Waals surface area (Å²) in [5.74, 6) is -0.274. The zero-order valence-corrected chi connectivity index (χ0v) is 16.6. The smallest absolute Gasteiger partial charge is 0.255 e. The molecule has 0 spiro atoms. The Morgan fingerprint density at radius 2 is 2.13 bits per heavy atom. The van der Waals surface area contributed by atoms with E-state index in [1.165, 1.54) is 30.6 Å². The molecule has 30 heavy (non-hydrogen) atoms. The van der Waals surface area contributed by atoms with Gasteiger partial charge in [-0.1, -0.05) is 11.6 Å². The van der Waals surface area contributed by atoms with Crippen LogP contribution in [0, 0.1) is 5.82 Å². The Hall–Kier alpha value is -3.23. The van der Waals surface area contributed by atoms with Gasteiger partial charge in [-0.05, 0) is 30.3 Å². The van der Waals surface area contributed by atoms with E-state index in [1.54, 1.807) is 18.3 Å². The van der Waals surface area contributed by atoms with E-state index in [1.807, 2.05) is 4.90 Å². The highest BCUT2D eigenvalue weighted by molar-refractivity contribution is 6.30. The van der Waals surface area contributed by atoms with Crippen LogP contribution in [-0.4, -0.2) is 47.3 Å². The van der Waals surface area contributed by atoms with Gasteiger partial charge in [-0.15, -0.1) is 0 Å². The second-order valence-electron chi connectivity index (χ2n) is 6.53. The van der Waals surface area contributed by atoms with E-state index in [0.29, 0.717) is 46.6 Å². The molecular formula is C21H18ClFN4O3. The molecule has 0 radical (unpaired) electrons. The number of benzene rings is 1. The fourth-order valence-electron chi connectivity index (χ4n) is 3.28. The first-order valence-corrected chi connectivity index (χ1v) is 9.65. The number of pyridine rings is 2. The van der Waals surface area contributed by atoms with E-state index in [4.69, 9.17) is 21.4 Å². The summed E-state index contributed by atoms with van der Waals surface area (Å²) in [6, 6.07) is 7.71. The number of carbonyl (C=O) groups is 1. The Kier molecular flexibility index (Phi) is 5.78. The highest BCUT2D eigenvalue weighted by Gasteiger charge is 2.25. The fraction of sp³-hybridized carbons (Fsp3) is 0.190. The molecule has 7 nitrogen and oxygen atoms in total. The molecule has 0 bridgehead atoms. The van der Waals surface area contributed by atoms with Crippen molar-refractivity contribution in [3.05, 3.63) is 65.3 Å². The van der Waals surface area contributed by atoms with Crippen LogP contribution in [0.1, 0.15) is 10.4 Å². The average Bonchev–Trinajstić information content (AvgIpc) is 2.78. The summed E-state index contributed by atoms with van der Waals surface area (Å²) in [4.78, 5) is 22.8. The van der Waals surface area contributed by atoms with Gasteiger partial charge in [0, 0.05) is 29.5 Å². The third-order valence-electron chi connectivity index (χ3n) is 4.65. The summed E-state index contributed by atoms with van der Waals surface area (Å²) in [5, 5.41) is 12.0. The van der Waals surface area contributed by atoms with Crippen LogP contribution >= 0.6 is 11.6 Å². The third kappa shape index (κ3) is 3.92. The highest BCUT2D eigenvalue weighted by atomic mass is 35.5. The summed E-state index contributed by atoms with van der Waals surface area (Å²) < 4.78 is 20.1. The van der Waals surface area contributed by atoms with E-state index in [0.717, 1.165) is 0 Å². The van der Waals surface area contributed by atoms with Crippen LogP contribution in [0.4, 0.5) is 15.8 Å². The van der Waals surface area contributed by atoms with Crippen LogP contribution in [0.3, 0.4) is 0 Å². The standard InChI is InChI=1S/C21H18ClFN4O3/c22-13-1-2-16(23)14(9-13)17-10-19-20(12-26-17)30-8-6-27(19)18-3-4-24-11-15(18)21(29)25-5-7-28/h1-4,9-12,28H,5-8H2,(H,25,29). The van der Waals surface area contributed by atoms with Crippen molar-refractivity contribution in [3.63, 3.8) is 0 Å². The van der Waals surface area contributed by atoms with Gasteiger partial charge < -0.3 is 20.1 Å². The maximum Gasteiger partial charge on any atom is 0.255 e. The number of nitrogens with one attached hydrogen (secondary N) is 1. The van der Waals surface area contributed by atoms with Crippen molar-refractivity contribution in [2.75, 3.05) is 31.2 Å². The van der Waals surface area contributed by atoms with Gasteiger partial charge in [0.25, 0.3) is 5.91 Å². The number of carbonyl (C=O) groups excluding carboxylic acids is 1. The predicted molar refractivity (Wildman–Crippen MR) is 111 cm³/mol. The number of anilines is 2. The van der Waals surface area contributed by atoms with Crippen LogP contribution < -0.4 is 15.0 Å². The van der Waals surface area contributed by atoms with Crippen molar-refractivity contribution >= 4 is 28.9 Å². The molecular weight excluding hydrogens is 411 g/mol. The summed E-state index contributed by atoms with van der Waals surface area (Å²) in [6.45, 7) is 0.829. The van der Waals surface area contributed by atoms with E-state index in [-0.39, 0.29) is 24.6 Å². The van der Waals surface area contributed by atoms with Crippen LogP contribution in [0.2, 0.25) is 5.02 Å². The second-order valence-corrected chi connectivity index (χ2v) is 6.97. The average molecular weight is 429 g/mol. The van der Waals surface area contributed by atoms with Crippen molar-refractivity contribution in [2.45, 2.75) is 0 Å². The van der Waals surface area contributed by atoms with E-state index >= 15 is 0 Å². The molecule has 0 aliphatic carbocycles. The minimum atomic E-state index is -0.442. The first kappa shape index (κ1) is 20.1. The molecule has 2 aromatic heterocycles. The number of hydrogen-bond acceptors (Lipinski definition) is 6. The highest BCUT2D eigenvalue weighted by Crippen LogP contribution is 2.40. The molecule has 1 aliphatic rings. The van der Waals surface area contributed by atoms with Crippen molar-refractivity contribution in [2.24, 2.45) is 0 Å². The zero-order valence-electron chi connectivity index (χ0n) is 15.8. The monoisotopic (exact) mass is 428 g/mol. The molecule has 154 valence electrons. The van der Waals surface area contributed by atoms with E-state index in [9.17, 15) is 9.18 Å². The van der Waals surface area contributed by atoms with Gasteiger partial charge in [0.05, 0.1) is 42.0 Å². The molecule has 1 amide bonds. The maximum absolute atomic E-state index is 14.4. The molecule has 3 aromatic rings. The van der Waals surface area contributed by atoms with Gasteiger partial charge in [0.15, 0.2) is 5.75 Å². The third-order valence-corrected chi connectivity index (χ3v) is 4.88. The number of aromatic nitrogens is 2. The summed E-state index contributed by atoms with van der Waals surface area (Å²) in [6.07, 6.45) is 4.59. The number of nitrogens with zero attached hydrogens (tertiary/aromatic N) is 3. The maximum atomic E-state index is 14.4. The number of halogens is 2. The summed E-state index contributed by atoms with van der Waals surface area (Å²) in [5.41, 5.74) is 2.28. The number of aliphatic hydroxyl groups excluding tert-OH is 1. The van der Waals surface area contributed by atoms with Crippen LogP contribution in [0.25, 0.3) is 11.3 Å². The summed E-state index contributed by atoms with van der Waals surface area (Å²) in [7, 11) is 0. The first-order valence-electron chi connectivity index (χ1n) is 9.27. The minimum Gasteiger partial charge on any atom is -0.488 e. The second kappa shape index (κ2) is 8.64. The molecule has 0 fully saturated rings. The lowest BCUT2D eigenvalue weighted by Crippen LogP contribution is -2.32. The van der Waals surface area contributed by atoms with Gasteiger partial charge >= 0.3 is 0 Å². The largest absolute Gasteiger partial charge is 0.488 e. The Balaban J connectivity index is 1.78. The van der Waals surface area contributed by atoms with E-state index < -0.39 is 5.82 Å². The number of ether oxygens (including phenoxy) is 1. The Labute approximate surface area is 177 Å². The normalized spacial score (nSPS) is 12.8. The number of fused-ring (bicyclic) bond motifs is 1. The van der Waals surface area contributed by atoms with Gasteiger partial charge in [-0.25, -0.2) is 4.39 Å². The Morgan fingerprint density at radius 1 is 1.27 bits per heavy atom. The summed E-state index contributed by atoms with van der Waals surface area (Å²) >= 11 is 6.03. The molecule has 3 heterocycles. The van der Waals surface area contributed by atoms with Crippen LogP contribution in [0.15, 0.2) is 48.9 Å². The number of hydrogen-bond donors (Lipinski definition) is 2. The van der Waals surface area contributed by atoms with Crippen molar-refractivity contribution < 1.29 is 19.0 Å². The number of aliphatic hydroxyl groups is 1. The van der Waals surface area contributed by atoms with Crippen LogP contribution in [0.5, 0.6) is 5.75 Å². The predicted octanol–water partition coefficient (Wildman–Crippen LogP) is 3.19. The quantitative estimate of drug-likeness (QED) is 0.649. The van der Waals surface area contributed by atoms with Gasteiger partial charge in [-0.2, -0.15) is 0 Å². The topological polar surface area (TPSA) is 87.6 Å². The molecule has 0 atom stereocenters. The Bertz CT molecular complexity index is 1100. The zero-order chi connectivity index (χ0) is 21.1. The lowest BCUT2D eigenvalue weighted by molar-refractivity contribution is 0.0945. The Morgan fingerprint density at radius 3 is 2.97 bits per heavy atom. The number of amides is 1. The van der Waals surface area contributed by atoms with Crippen LogP contribution in [-0.2, 0) is 0 Å². The van der Waals surface area contributed by atoms with Gasteiger partial charge in [0.2, 0.25) is 0 Å². The van der Waals surface area contributed by atoms with Crippen molar-refractivity contribution in [1.29, 1.82) is 0 Å². The lowest BCUT2D eigenvalue weighted by atomic mass is 10.1. The number of rotatable bonds is 5. The SMILES string of the molecule is O=C(NCCO)c1cnccc1N1CCOc2cnc(-c3cc(Cl)ccc3F)cc21. The van der Waals surface area contributed by atoms with Crippen molar-refractivity contribution in [3.8, 4) is 17.0 Å². The molecule has 0 saturated carbocycles. The lowest BCUT2D eigenvalue weighted by Gasteiger charge is -2.32. The molecule has 2 N–H and O–H groups in total. The van der Waals surface area contributed by atoms with Gasteiger partial charge in [-0.3, -0.25) is 14.8 Å². The molecule has 1 aromatic carbocycles. The van der Waals surface area contributed by atoms with Crippen molar-refractivity contribution in [1.82, 2.24) is 15.3 Å². The van der Waals surface area contributed by atoms with E-state index in [2.05, 4.69) is 15.3 Å². The fourth-order valence-corrected chi connectivity index (χ4v) is 3.45. The first-order chi connectivity index (χ1) is 14.6. The molecule has 1 aliphatic heterocycles. The molecule has 9 heteroatoms. The minimum absolute atomic E-state index is 0.134. The van der Waals surface area contributed by atoms with Gasteiger partial charge in [0.1, 0.15) is 12.4 Å². The molecule has 0 unspecified atom stereocenters. The molecule has 0 saturated heterocycles. The molecule has 4 rings (SSSR count).